The Balaban J connectivity index is 1.95. The van der Waals surface area contributed by atoms with Crippen LogP contribution in [0.3, 0.4) is 0 Å². The number of benzene rings is 2. The molecule has 0 heterocycles. The summed E-state index contributed by atoms with van der Waals surface area (Å²) in [6.45, 7) is 2.45. The number of rotatable bonds is 5. The highest BCUT2D eigenvalue weighted by atomic mass is 79.9. The monoisotopic (exact) mass is 337 g/mol. The van der Waals surface area contributed by atoms with Crippen LogP contribution in [-0.4, -0.2) is 11.7 Å². The molecule has 2 nitrogen and oxygen atoms in total. The van der Waals surface area contributed by atoms with Gasteiger partial charge in [-0.1, -0.05) is 46.3 Å². The molecule has 0 saturated carbocycles. The Morgan fingerprint density at radius 1 is 1.15 bits per heavy atom. The molecule has 106 valence electrons. The molecule has 0 aliphatic heterocycles. The highest BCUT2D eigenvalue weighted by Crippen LogP contribution is 2.23. The van der Waals surface area contributed by atoms with Gasteiger partial charge in [-0.2, -0.15) is 0 Å². The van der Waals surface area contributed by atoms with Gasteiger partial charge in [0.05, 0.1) is 6.10 Å². The van der Waals surface area contributed by atoms with Crippen molar-refractivity contribution in [2.45, 2.75) is 19.1 Å². The van der Waals surface area contributed by atoms with Crippen LogP contribution in [0.2, 0.25) is 0 Å². The van der Waals surface area contributed by atoms with Crippen LogP contribution in [0.4, 0.5) is 4.39 Å². The maximum atomic E-state index is 12.8. The van der Waals surface area contributed by atoms with E-state index >= 15 is 0 Å². The van der Waals surface area contributed by atoms with E-state index in [0.717, 1.165) is 10.0 Å². The molecule has 0 aliphatic carbocycles. The topological polar surface area (TPSA) is 32.3 Å². The van der Waals surface area contributed by atoms with E-state index in [9.17, 15) is 9.50 Å². The summed E-state index contributed by atoms with van der Waals surface area (Å²) in [4.78, 5) is 0. The average Bonchev–Trinajstić information content (AvgIpc) is 2.45. The zero-order valence-electron chi connectivity index (χ0n) is 11.2. The van der Waals surface area contributed by atoms with E-state index in [0.29, 0.717) is 12.1 Å². The minimum absolute atomic E-state index is 0.112. The molecule has 2 aromatic rings. The van der Waals surface area contributed by atoms with Crippen molar-refractivity contribution >= 4 is 15.9 Å². The van der Waals surface area contributed by atoms with Crippen LogP contribution >= 0.6 is 15.9 Å². The van der Waals surface area contributed by atoms with Crippen LogP contribution in [0.25, 0.3) is 0 Å². The fraction of sp³-hybridized carbons (Fsp3) is 0.250. The number of hydrogen-bond acceptors (Lipinski definition) is 2. The van der Waals surface area contributed by atoms with Gasteiger partial charge in [0.1, 0.15) is 5.82 Å². The fourth-order valence-electron chi connectivity index (χ4n) is 2.03. The van der Waals surface area contributed by atoms with Crippen LogP contribution < -0.4 is 5.32 Å². The molecule has 0 bridgehead atoms. The largest absolute Gasteiger partial charge is 0.387 e. The van der Waals surface area contributed by atoms with Crippen molar-refractivity contribution in [1.29, 1.82) is 0 Å². The molecule has 0 saturated heterocycles. The lowest BCUT2D eigenvalue weighted by Crippen LogP contribution is -2.24. The van der Waals surface area contributed by atoms with Crippen LogP contribution in [0.1, 0.15) is 30.2 Å². The molecule has 0 radical (unpaired) electrons. The number of aliphatic hydroxyl groups is 1. The molecule has 1 unspecified atom stereocenters. The summed E-state index contributed by atoms with van der Waals surface area (Å²) >= 11 is 3.51. The van der Waals surface area contributed by atoms with Crippen molar-refractivity contribution in [2.75, 3.05) is 6.54 Å². The first-order valence-electron chi connectivity index (χ1n) is 6.49. The van der Waals surface area contributed by atoms with Gasteiger partial charge < -0.3 is 10.4 Å². The van der Waals surface area contributed by atoms with Crippen molar-refractivity contribution in [3.05, 3.63) is 69.9 Å². The molecule has 2 atom stereocenters. The number of nitrogens with one attached hydrogen (secondary N) is 1. The standard InChI is InChI=1S/C16H17BrFNO/c1-11(14-4-2-3-5-15(14)17)19-10-16(20)12-6-8-13(18)9-7-12/h2-9,11,16,19-20H,10H2,1H3/t11-,16?/m1/s1. The number of hydrogen-bond donors (Lipinski definition) is 2. The summed E-state index contributed by atoms with van der Waals surface area (Å²) in [5, 5.41) is 13.4. The van der Waals surface area contributed by atoms with Gasteiger partial charge in [-0.3, -0.25) is 0 Å². The lowest BCUT2D eigenvalue weighted by Gasteiger charge is -2.18. The molecule has 2 rings (SSSR count). The fourth-order valence-corrected chi connectivity index (χ4v) is 2.66. The molecule has 4 heteroatoms. The maximum Gasteiger partial charge on any atom is 0.123 e. The molecule has 0 aliphatic rings. The van der Waals surface area contributed by atoms with Crippen LogP contribution in [-0.2, 0) is 0 Å². The summed E-state index contributed by atoms with van der Waals surface area (Å²) in [7, 11) is 0. The van der Waals surface area contributed by atoms with Crippen LogP contribution in [0.5, 0.6) is 0 Å². The molecular weight excluding hydrogens is 321 g/mol. The highest BCUT2D eigenvalue weighted by Gasteiger charge is 2.12. The highest BCUT2D eigenvalue weighted by molar-refractivity contribution is 9.10. The van der Waals surface area contributed by atoms with E-state index in [1.807, 2.05) is 31.2 Å². The predicted octanol–water partition coefficient (Wildman–Crippen LogP) is 3.97. The lowest BCUT2D eigenvalue weighted by molar-refractivity contribution is 0.170. The Morgan fingerprint density at radius 2 is 1.80 bits per heavy atom. The van der Waals surface area contributed by atoms with E-state index in [2.05, 4.69) is 21.2 Å². The molecule has 20 heavy (non-hydrogen) atoms. The van der Waals surface area contributed by atoms with Crippen molar-refractivity contribution in [2.24, 2.45) is 0 Å². The van der Waals surface area contributed by atoms with E-state index in [-0.39, 0.29) is 11.9 Å². The summed E-state index contributed by atoms with van der Waals surface area (Å²) < 4.78 is 13.9. The Labute approximate surface area is 126 Å². The first kappa shape index (κ1) is 15.2. The van der Waals surface area contributed by atoms with E-state index < -0.39 is 6.10 Å². The molecule has 2 N–H and O–H groups in total. The summed E-state index contributed by atoms with van der Waals surface area (Å²) in [5.74, 6) is -0.296. The summed E-state index contributed by atoms with van der Waals surface area (Å²) in [5.41, 5.74) is 1.84. The van der Waals surface area contributed by atoms with Crippen molar-refractivity contribution in [3.8, 4) is 0 Å². The van der Waals surface area contributed by atoms with Crippen molar-refractivity contribution in [1.82, 2.24) is 5.32 Å². The normalized spacial score (nSPS) is 14.0. The van der Waals surface area contributed by atoms with Gasteiger partial charge in [-0.25, -0.2) is 4.39 Å². The third-order valence-corrected chi connectivity index (χ3v) is 3.97. The molecule has 2 aromatic carbocycles. The third kappa shape index (κ3) is 3.88. The van der Waals surface area contributed by atoms with E-state index in [4.69, 9.17) is 0 Å². The van der Waals surface area contributed by atoms with Gasteiger partial charge in [0.25, 0.3) is 0 Å². The zero-order chi connectivity index (χ0) is 14.5. The first-order valence-corrected chi connectivity index (χ1v) is 7.28. The van der Waals surface area contributed by atoms with Gasteiger partial charge in [-0.05, 0) is 36.2 Å². The predicted molar refractivity (Wildman–Crippen MR) is 81.9 cm³/mol. The molecule has 0 amide bonds. The minimum atomic E-state index is -0.652. The van der Waals surface area contributed by atoms with Gasteiger partial charge in [0.15, 0.2) is 0 Å². The van der Waals surface area contributed by atoms with Crippen LogP contribution in [0, 0.1) is 5.82 Å². The molecule has 0 aromatic heterocycles. The third-order valence-electron chi connectivity index (χ3n) is 3.24. The Hall–Kier alpha value is -1.23. The Morgan fingerprint density at radius 3 is 2.45 bits per heavy atom. The average molecular weight is 338 g/mol. The molecular formula is C16H17BrFNO. The van der Waals surface area contributed by atoms with Gasteiger partial charge in [0, 0.05) is 17.1 Å². The van der Waals surface area contributed by atoms with Crippen LogP contribution in [0.15, 0.2) is 53.0 Å². The second-order valence-corrected chi connectivity index (χ2v) is 5.57. The summed E-state index contributed by atoms with van der Waals surface area (Å²) in [6, 6.07) is 14.0. The molecule has 0 fully saturated rings. The number of halogens is 2. The lowest BCUT2D eigenvalue weighted by atomic mass is 10.1. The van der Waals surface area contributed by atoms with E-state index in [1.165, 1.54) is 12.1 Å². The Kier molecular flexibility index (Phi) is 5.29. The van der Waals surface area contributed by atoms with Gasteiger partial charge in [-0.15, -0.1) is 0 Å². The van der Waals surface area contributed by atoms with Gasteiger partial charge in [0.2, 0.25) is 0 Å². The van der Waals surface area contributed by atoms with Crippen molar-refractivity contribution in [3.63, 3.8) is 0 Å². The van der Waals surface area contributed by atoms with Gasteiger partial charge >= 0.3 is 0 Å². The van der Waals surface area contributed by atoms with Crippen molar-refractivity contribution < 1.29 is 9.50 Å². The number of aliphatic hydroxyl groups excluding tert-OH is 1. The first-order chi connectivity index (χ1) is 9.58. The summed E-state index contributed by atoms with van der Waals surface area (Å²) in [6.07, 6.45) is -0.652. The molecule has 0 spiro atoms. The minimum Gasteiger partial charge on any atom is -0.387 e. The Bertz CT molecular complexity index is 559. The SMILES string of the molecule is C[C@@H](NCC(O)c1ccc(F)cc1)c1ccccc1Br. The smallest absolute Gasteiger partial charge is 0.123 e. The maximum absolute atomic E-state index is 12.8. The zero-order valence-corrected chi connectivity index (χ0v) is 12.8. The quantitative estimate of drug-likeness (QED) is 0.865. The van der Waals surface area contributed by atoms with E-state index in [1.54, 1.807) is 12.1 Å². The second kappa shape index (κ2) is 6.97. The second-order valence-electron chi connectivity index (χ2n) is 4.72.